The first-order valence-electron chi connectivity index (χ1n) is 10.6. The molecule has 1 unspecified atom stereocenters. The number of anilines is 3. The molecular formula is C23H26ClFN6O2. The van der Waals surface area contributed by atoms with E-state index < -0.39 is 5.54 Å². The number of nitrogen functional groups attached to an aromatic ring is 1. The summed E-state index contributed by atoms with van der Waals surface area (Å²) in [5.41, 5.74) is 6.90. The Balaban J connectivity index is 1.60. The van der Waals surface area contributed by atoms with Crippen LogP contribution in [0.2, 0.25) is 5.15 Å². The van der Waals surface area contributed by atoms with Gasteiger partial charge in [0, 0.05) is 37.4 Å². The Morgan fingerprint density at radius 3 is 2.70 bits per heavy atom. The summed E-state index contributed by atoms with van der Waals surface area (Å²) >= 11 is 5.96. The number of carbonyl (C=O) groups excluding carboxylic acids is 1. The quantitative estimate of drug-likeness (QED) is 0.506. The van der Waals surface area contributed by atoms with Crippen LogP contribution in [0.1, 0.15) is 12.0 Å². The zero-order chi connectivity index (χ0) is 23.6. The van der Waals surface area contributed by atoms with Gasteiger partial charge in [0.25, 0.3) is 0 Å². The first-order valence-corrected chi connectivity index (χ1v) is 11.0. The number of likely N-dealkylation sites (N-methyl/N-ethyl adjacent to an activating group) is 1. The fraction of sp³-hybridized carbons (Fsp3) is 0.348. The number of methoxy groups -OCH3 is 1. The van der Waals surface area contributed by atoms with Crippen LogP contribution in [0, 0.1) is 5.82 Å². The van der Waals surface area contributed by atoms with Crippen LogP contribution in [0.5, 0.6) is 0 Å². The van der Waals surface area contributed by atoms with Crippen molar-refractivity contribution in [2.45, 2.75) is 12.0 Å². The fourth-order valence-electron chi connectivity index (χ4n) is 4.16. The van der Waals surface area contributed by atoms with E-state index in [1.54, 1.807) is 18.2 Å². The van der Waals surface area contributed by atoms with Gasteiger partial charge in [0.05, 0.1) is 7.11 Å². The maximum Gasteiger partial charge on any atom is 0.330 e. The second-order valence-corrected chi connectivity index (χ2v) is 8.51. The highest BCUT2D eigenvalue weighted by Gasteiger charge is 2.44. The number of benzene rings is 1. The highest BCUT2D eigenvalue weighted by molar-refractivity contribution is 6.32. The lowest BCUT2D eigenvalue weighted by atomic mass is 9.84. The molecule has 1 aromatic heterocycles. The molecule has 0 amide bonds. The van der Waals surface area contributed by atoms with Crippen LogP contribution in [-0.4, -0.2) is 71.6 Å². The fourth-order valence-corrected chi connectivity index (χ4v) is 4.29. The van der Waals surface area contributed by atoms with E-state index in [0.717, 1.165) is 26.2 Å². The summed E-state index contributed by atoms with van der Waals surface area (Å²) in [7, 11) is 3.46. The number of esters is 1. The monoisotopic (exact) mass is 472 g/mol. The zero-order valence-corrected chi connectivity index (χ0v) is 19.3. The van der Waals surface area contributed by atoms with Crippen LogP contribution in [0.15, 0.2) is 42.8 Å². The van der Waals surface area contributed by atoms with E-state index in [1.807, 2.05) is 12.2 Å². The number of halogens is 2. The minimum absolute atomic E-state index is 0.135. The standard InChI is InChI=1S/C23H26ClFN6O2/c1-30-9-11-31(12-10-30)23(22(32)33-2)7-5-15(6-8-23)17-13-16(3-4-18(17)25)29-21-19(26)20(24)27-14-28-21/h3-7,13-14H,8-12,26H2,1-2H3,(H,27,28,29). The lowest BCUT2D eigenvalue weighted by molar-refractivity contribution is -0.153. The summed E-state index contributed by atoms with van der Waals surface area (Å²) in [4.78, 5) is 25.1. The van der Waals surface area contributed by atoms with Gasteiger partial charge in [0.1, 0.15) is 23.4 Å². The maximum absolute atomic E-state index is 14.8. The first kappa shape index (κ1) is 23.2. The molecule has 4 rings (SSSR count). The maximum atomic E-state index is 14.8. The summed E-state index contributed by atoms with van der Waals surface area (Å²) in [6, 6.07) is 4.63. The number of carbonyl (C=O) groups is 1. The largest absolute Gasteiger partial charge is 0.467 e. The highest BCUT2D eigenvalue weighted by Crippen LogP contribution is 2.35. The Morgan fingerprint density at radius 1 is 1.27 bits per heavy atom. The van der Waals surface area contributed by atoms with Crippen LogP contribution in [0.4, 0.5) is 21.6 Å². The van der Waals surface area contributed by atoms with Gasteiger partial charge in [0.2, 0.25) is 0 Å². The molecule has 33 heavy (non-hydrogen) atoms. The summed E-state index contributed by atoms with van der Waals surface area (Å²) in [5.74, 6) is -0.360. The Labute approximate surface area is 196 Å². The van der Waals surface area contributed by atoms with Gasteiger partial charge < -0.3 is 20.7 Å². The second kappa shape index (κ2) is 9.46. The van der Waals surface area contributed by atoms with Crippen molar-refractivity contribution in [3.8, 4) is 0 Å². The lowest BCUT2D eigenvalue weighted by Gasteiger charge is -2.44. The van der Waals surface area contributed by atoms with Gasteiger partial charge >= 0.3 is 5.97 Å². The van der Waals surface area contributed by atoms with Crippen molar-refractivity contribution in [3.05, 3.63) is 59.3 Å². The van der Waals surface area contributed by atoms with Crippen molar-refractivity contribution in [1.82, 2.24) is 19.8 Å². The van der Waals surface area contributed by atoms with E-state index in [2.05, 4.69) is 32.1 Å². The predicted octanol–water partition coefficient (Wildman–Crippen LogP) is 3.10. The predicted molar refractivity (Wildman–Crippen MR) is 127 cm³/mol. The molecule has 1 saturated heterocycles. The Hall–Kier alpha value is -3.01. The van der Waals surface area contributed by atoms with Gasteiger partial charge in [-0.3, -0.25) is 4.90 Å². The average Bonchev–Trinajstić information content (AvgIpc) is 2.83. The second-order valence-electron chi connectivity index (χ2n) is 8.15. The topological polar surface area (TPSA) is 96.6 Å². The molecule has 1 fully saturated rings. The van der Waals surface area contributed by atoms with E-state index in [0.29, 0.717) is 29.1 Å². The highest BCUT2D eigenvalue weighted by atomic mass is 35.5. The van der Waals surface area contributed by atoms with E-state index in [9.17, 15) is 9.18 Å². The van der Waals surface area contributed by atoms with Crippen molar-refractivity contribution in [1.29, 1.82) is 0 Å². The number of nitrogens with two attached hydrogens (primary N) is 1. The van der Waals surface area contributed by atoms with Gasteiger partial charge in [0.15, 0.2) is 11.0 Å². The molecule has 0 saturated carbocycles. The molecular weight excluding hydrogens is 447 g/mol. The summed E-state index contributed by atoms with van der Waals surface area (Å²) in [5, 5.41) is 3.19. The van der Waals surface area contributed by atoms with Crippen molar-refractivity contribution in [2.24, 2.45) is 0 Å². The number of piperazine rings is 1. The number of allylic oxidation sites excluding steroid dienone is 2. The Morgan fingerprint density at radius 2 is 2.03 bits per heavy atom. The molecule has 0 radical (unpaired) electrons. The summed E-state index contributed by atoms with van der Waals surface area (Å²) < 4.78 is 19.9. The van der Waals surface area contributed by atoms with Crippen LogP contribution < -0.4 is 11.1 Å². The molecule has 1 aromatic carbocycles. The third-order valence-corrected chi connectivity index (χ3v) is 6.45. The van der Waals surface area contributed by atoms with Gasteiger partial charge in [-0.05, 0) is 37.2 Å². The van der Waals surface area contributed by atoms with Crippen molar-refractivity contribution < 1.29 is 13.9 Å². The number of hydrogen-bond donors (Lipinski definition) is 2. The Kier molecular flexibility index (Phi) is 6.64. The molecule has 1 aliphatic carbocycles. The molecule has 8 nitrogen and oxygen atoms in total. The first-order chi connectivity index (χ1) is 15.8. The third kappa shape index (κ3) is 4.57. The molecule has 2 aliphatic rings. The minimum atomic E-state index is -0.891. The van der Waals surface area contributed by atoms with E-state index in [-0.39, 0.29) is 22.6 Å². The van der Waals surface area contributed by atoms with Gasteiger partial charge in [-0.1, -0.05) is 29.8 Å². The molecule has 10 heteroatoms. The number of ether oxygens (including phenoxy) is 1. The van der Waals surface area contributed by atoms with Crippen LogP contribution in [0.25, 0.3) is 5.57 Å². The molecule has 0 spiro atoms. The molecule has 1 aliphatic heterocycles. The molecule has 1 atom stereocenters. The summed E-state index contributed by atoms with van der Waals surface area (Å²) in [6.07, 6.45) is 7.19. The number of hydrogen-bond acceptors (Lipinski definition) is 8. The van der Waals surface area contributed by atoms with E-state index in [1.165, 1.54) is 19.5 Å². The molecule has 3 N–H and O–H groups in total. The van der Waals surface area contributed by atoms with Crippen LogP contribution in [0.3, 0.4) is 0 Å². The number of rotatable bonds is 5. The average molecular weight is 473 g/mol. The Bertz CT molecular complexity index is 1120. The van der Waals surface area contributed by atoms with Gasteiger partial charge in [-0.15, -0.1) is 0 Å². The number of nitrogens with zero attached hydrogens (tertiary/aromatic N) is 4. The number of nitrogens with one attached hydrogen (secondary N) is 1. The molecule has 0 bridgehead atoms. The minimum Gasteiger partial charge on any atom is -0.467 e. The third-order valence-electron chi connectivity index (χ3n) is 6.15. The van der Waals surface area contributed by atoms with Crippen molar-refractivity contribution >= 4 is 40.3 Å². The molecule has 2 heterocycles. The van der Waals surface area contributed by atoms with Crippen LogP contribution in [-0.2, 0) is 9.53 Å². The van der Waals surface area contributed by atoms with E-state index in [4.69, 9.17) is 22.1 Å². The summed E-state index contributed by atoms with van der Waals surface area (Å²) in [6.45, 7) is 3.22. The SMILES string of the molecule is COC(=O)C1(N2CCN(C)CC2)C=CC(c2cc(Nc3ncnc(Cl)c3N)ccc2F)=CC1. The van der Waals surface area contributed by atoms with Gasteiger partial charge in [-0.25, -0.2) is 19.2 Å². The van der Waals surface area contributed by atoms with Gasteiger partial charge in [-0.2, -0.15) is 0 Å². The molecule has 2 aromatic rings. The number of aromatic nitrogens is 2. The smallest absolute Gasteiger partial charge is 0.330 e. The lowest BCUT2D eigenvalue weighted by Crippen LogP contribution is -2.60. The molecule has 174 valence electrons. The van der Waals surface area contributed by atoms with Crippen molar-refractivity contribution in [2.75, 3.05) is 51.4 Å². The van der Waals surface area contributed by atoms with Crippen LogP contribution >= 0.6 is 11.6 Å². The van der Waals surface area contributed by atoms with E-state index >= 15 is 0 Å². The normalized spacial score (nSPS) is 21.5. The van der Waals surface area contributed by atoms with Crippen molar-refractivity contribution in [3.63, 3.8) is 0 Å². The zero-order valence-electron chi connectivity index (χ0n) is 18.5.